The van der Waals surface area contributed by atoms with Crippen molar-refractivity contribution in [2.24, 2.45) is 23.7 Å². The maximum Gasteiger partial charge on any atom is 0.307 e. The van der Waals surface area contributed by atoms with Crippen LogP contribution in [-0.4, -0.2) is 17.0 Å². The van der Waals surface area contributed by atoms with Crippen LogP contribution >= 0.6 is 15.9 Å². The van der Waals surface area contributed by atoms with Crippen molar-refractivity contribution < 1.29 is 19.1 Å². The minimum atomic E-state index is -0.918. The number of aliphatic carboxylic acids is 1. The van der Waals surface area contributed by atoms with Crippen molar-refractivity contribution in [2.75, 3.05) is 5.32 Å². The first-order valence-electron chi connectivity index (χ1n) is 6.96. The molecule has 0 unspecified atom stereocenters. The topological polar surface area (TPSA) is 66.4 Å². The molecule has 0 spiro atoms. The molecule has 0 heterocycles. The number of amides is 1. The second kappa shape index (κ2) is 5.40. The molecule has 2 saturated carbocycles. The van der Waals surface area contributed by atoms with Gasteiger partial charge in [-0.05, 0) is 49.3 Å². The number of nitrogens with one attached hydrogen (secondary N) is 1. The summed E-state index contributed by atoms with van der Waals surface area (Å²) in [5, 5.41) is 11.9. The number of rotatable bonds is 3. The Morgan fingerprint density at radius 1 is 1.24 bits per heavy atom. The highest BCUT2D eigenvalue weighted by Gasteiger charge is 2.54. The lowest BCUT2D eigenvalue weighted by atomic mass is 9.78. The Balaban J connectivity index is 1.80. The molecule has 2 aliphatic carbocycles. The molecule has 4 nitrogen and oxygen atoms in total. The number of carbonyl (C=O) groups is 2. The van der Waals surface area contributed by atoms with Gasteiger partial charge < -0.3 is 10.4 Å². The van der Waals surface area contributed by atoms with Gasteiger partial charge in [0.15, 0.2) is 0 Å². The van der Waals surface area contributed by atoms with E-state index in [0.717, 1.165) is 19.3 Å². The predicted octanol–water partition coefficient (Wildman–Crippen LogP) is 3.27. The van der Waals surface area contributed by atoms with Gasteiger partial charge in [-0.25, -0.2) is 4.39 Å². The van der Waals surface area contributed by atoms with Gasteiger partial charge in [-0.3, -0.25) is 9.59 Å². The lowest BCUT2D eigenvalue weighted by Gasteiger charge is -2.27. The van der Waals surface area contributed by atoms with E-state index in [0.29, 0.717) is 4.47 Å². The van der Waals surface area contributed by atoms with Gasteiger partial charge in [0.2, 0.25) is 5.91 Å². The van der Waals surface area contributed by atoms with E-state index in [1.807, 2.05) is 0 Å². The first kappa shape index (κ1) is 14.5. The van der Waals surface area contributed by atoms with Crippen LogP contribution in [0.1, 0.15) is 19.3 Å². The summed E-state index contributed by atoms with van der Waals surface area (Å²) >= 11 is 3.15. The van der Waals surface area contributed by atoms with Crippen molar-refractivity contribution in [3.05, 3.63) is 28.5 Å². The molecule has 2 aliphatic rings. The van der Waals surface area contributed by atoms with Crippen LogP contribution in [0.3, 0.4) is 0 Å². The van der Waals surface area contributed by atoms with Crippen molar-refractivity contribution in [3.63, 3.8) is 0 Å². The number of halogens is 2. The van der Waals surface area contributed by atoms with Crippen LogP contribution in [0.25, 0.3) is 0 Å². The van der Waals surface area contributed by atoms with Gasteiger partial charge in [0.1, 0.15) is 5.82 Å². The minimum Gasteiger partial charge on any atom is -0.481 e. The van der Waals surface area contributed by atoms with Gasteiger partial charge in [0.05, 0.1) is 17.5 Å². The summed E-state index contributed by atoms with van der Waals surface area (Å²) in [6, 6.07) is 4.37. The van der Waals surface area contributed by atoms with Crippen molar-refractivity contribution >= 4 is 33.5 Å². The fourth-order valence-electron chi connectivity index (χ4n) is 3.83. The molecule has 0 saturated heterocycles. The quantitative estimate of drug-likeness (QED) is 0.874. The van der Waals surface area contributed by atoms with E-state index in [-0.39, 0.29) is 23.4 Å². The molecule has 0 radical (unpaired) electrons. The molecular weight excluding hydrogens is 341 g/mol. The molecule has 0 aromatic heterocycles. The highest BCUT2D eigenvalue weighted by Crippen LogP contribution is 2.52. The Morgan fingerprint density at radius 2 is 1.90 bits per heavy atom. The number of hydrogen-bond acceptors (Lipinski definition) is 2. The number of benzene rings is 1. The zero-order chi connectivity index (χ0) is 15.1. The average Bonchev–Trinajstić information content (AvgIpc) is 3.02. The van der Waals surface area contributed by atoms with Gasteiger partial charge >= 0.3 is 5.97 Å². The highest BCUT2D eigenvalue weighted by atomic mass is 79.9. The number of carboxylic acid groups (broad SMARTS) is 1. The van der Waals surface area contributed by atoms with Crippen LogP contribution in [0.2, 0.25) is 0 Å². The third kappa shape index (κ3) is 2.57. The second-order valence-electron chi connectivity index (χ2n) is 5.84. The molecule has 6 heteroatoms. The zero-order valence-corrected chi connectivity index (χ0v) is 12.8. The fourth-order valence-corrected chi connectivity index (χ4v) is 4.16. The summed E-state index contributed by atoms with van der Waals surface area (Å²) in [6.07, 6.45) is 2.55. The number of carbonyl (C=O) groups excluding carboxylic acids is 1. The van der Waals surface area contributed by atoms with E-state index in [1.54, 1.807) is 6.07 Å². The van der Waals surface area contributed by atoms with Crippen LogP contribution in [-0.2, 0) is 9.59 Å². The normalized spacial score (nSPS) is 30.4. The van der Waals surface area contributed by atoms with Gasteiger partial charge in [0, 0.05) is 4.47 Å². The van der Waals surface area contributed by atoms with Crippen LogP contribution in [0.15, 0.2) is 22.7 Å². The smallest absolute Gasteiger partial charge is 0.307 e. The van der Waals surface area contributed by atoms with Crippen molar-refractivity contribution in [1.82, 2.24) is 0 Å². The Bertz CT molecular complexity index is 607. The minimum absolute atomic E-state index is 0.0815. The van der Waals surface area contributed by atoms with Crippen LogP contribution in [0.4, 0.5) is 10.1 Å². The molecule has 0 aliphatic heterocycles. The summed E-state index contributed by atoms with van der Waals surface area (Å²) in [4.78, 5) is 23.8. The largest absolute Gasteiger partial charge is 0.481 e. The van der Waals surface area contributed by atoms with Crippen molar-refractivity contribution in [1.29, 1.82) is 0 Å². The number of hydrogen-bond donors (Lipinski definition) is 2. The maximum atomic E-state index is 13.8. The Morgan fingerprint density at radius 3 is 2.52 bits per heavy atom. The van der Waals surface area contributed by atoms with E-state index in [9.17, 15) is 19.1 Å². The van der Waals surface area contributed by atoms with Crippen LogP contribution in [0.5, 0.6) is 0 Å². The fraction of sp³-hybridized carbons (Fsp3) is 0.467. The predicted molar refractivity (Wildman–Crippen MR) is 78.2 cm³/mol. The molecule has 4 atom stereocenters. The van der Waals surface area contributed by atoms with E-state index in [1.165, 1.54) is 12.1 Å². The SMILES string of the molecule is O=C(O)[C@@H]1[C@H]2CC[C@@H](C2)[C@@H]1C(=O)Nc1ccc(Br)cc1F. The number of anilines is 1. The second-order valence-corrected chi connectivity index (χ2v) is 6.75. The van der Waals surface area contributed by atoms with Crippen molar-refractivity contribution in [2.45, 2.75) is 19.3 Å². The van der Waals surface area contributed by atoms with Gasteiger partial charge in [0.25, 0.3) is 0 Å². The van der Waals surface area contributed by atoms with E-state index < -0.39 is 23.6 Å². The van der Waals surface area contributed by atoms with Crippen LogP contribution < -0.4 is 5.32 Å². The summed E-state index contributed by atoms with van der Waals surface area (Å²) in [6.45, 7) is 0. The van der Waals surface area contributed by atoms with E-state index >= 15 is 0 Å². The third-order valence-electron chi connectivity index (χ3n) is 4.69. The summed E-state index contributed by atoms with van der Waals surface area (Å²) in [5.41, 5.74) is 0.0927. The van der Waals surface area contributed by atoms with Gasteiger partial charge in [-0.15, -0.1) is 0 Å². The first-order valence-corrected chi connectivity index (χ1v) is 7.75. The molecule has 2 N–H and O–H groups in total. The Labute approximate surface area is 129 Å². The molecule has 1 aromatic carbocycles. The van der Waals surface area contributed by atoms with E-state index in [2.05, 4.69) is 21.2 Å². The summed E-state index contributed by atoms with van der Waals surface area (Å²) < 4.78 is 14.4. The highest BCUT2D eigenvalue weighted by molar-refractivity contribution is 9.10. The van der Waals surface area contributed by atoms with E-state index in [4.69, 9.17) is 0 Å². The van der Waals surface area contributed by atoms with Gasteiger partial charge in [-0.2, -0.15) is 0 Å². The van der Waals surface area contributed by atoms with Gasteiger partial charge in [-0.1, -0.05) is 15.9 Å². The molecule has 2 fully saturated rings. The third-order valence-corrected chi connectivity index (χ3v) is 5.19. The first-order chi connectivity index (χ1) is 9.97. The molecule has 2 bridgehead atoms. The monoisotopic (exact) mass is 355 g/mol. The zero-order valence-electron chi connectivity index (χ0n) is 11.2. The number of carboxylic acids is 1. The molecule has 21 heavy (non-hydrogen) atoms. The molecule has 1 amide bonds. The van der Waals surface area contributed by atoms with Crippen LogP contribution in [0, 0.1) is 29.5 Å². The Hall–Kier alpha value is -1.43. The standard InChI is InChI=1S/C15H15BrFNO3/c16-9-3-4-11(10(17)6-9)18-14(19)12-7-1-2-8(5-7)13(12)15(20)21/h3-4,6-8,12-13H,1-2,5H2,(H,18,19)(H,20,21)/t7-,8-,12-,13+/m0/s1. The molecule has 3 rings (SSSR count). The average molecular weight is 356 g/mol. The molecule has 1 aromatic rings. The summed E-state index contributed by atoms with van der Waals surface area (Å²) in [5.74, 6) is -2.83. The summed E-state index contributed by atoms with van der Waals surface area (Å²) in [7, 11) is 0. The Kier molecular flexibility index (Phi) is 3.73. The lowest BCUT2D eigenvalue weighted by Crippen LogP contribution is -2.38. The van der Waals surface area contributed by atoms with Crippen molar-refractivity contribution in [3.8, 4) is 0 Å². The number of fused-ring (bicyclic) bond motifs is 2. The maximum absolute atomic E-state index is 13.8. The lowest BCUT2D eigenvalue weighted by molar-refractivity contribution is -0.148. The molecule has 112 valence electrons. The molecular formula is C15H15BrFNO3.